The van der Waals surface area contributed by atoms with E-state index in [2.05, 4.69) is 10.6 Å². The summed E-state index contributed by atoms with van der Waals surface area (Å²) in [6.07, 6.45) is 1.50. The van der Waals surface area contributed by atoms with Gasteiger partial charge in [0.1, 0.15) is 11.7 Å². The van der Waals surface area contributed by atoms with Crippen molar-refractivity contribution in [1.29, 1.82) is 0 Å². The first kappa shape index (κ1) is 13.1. The molecular weight excluding hydrogens is 250 g/mol. The number of carbonyl (C=O) groups excluding carboxylic acids is 1. The summed E-state index contributed by atoms with van der Waals surface area (Å²) in [5.41, 5.74) is 0.148. The Morgan fingerprint density at radius 2 is 2.32 bits per heavy atom. The van der Waals surface area contributed by atoms with Crippen LogP contribution in [0.2, 0.25) is 0 Å². The first-order valence-electron chi connectivity index (χ1n) is 5.99. The van der Waals surface area contributed by atoms with Crippen LogP contribution in [0.15, 0.2) is 18.2 Å². The predicted octanol–water partition coefficient (Wildman–Crippen LogP) is 1.29. The molecule has 1 saturated heterocycles. The summed E-state index contributed by atoms with van der Waals surface area (Å²) in [7, 11) is 1.37. The minimum Gasteiger partial charge on any atom is -0.490 e. The first-order valence-corrected chi connectivity index (χ1v) is 5.99. The van der Waals surface area contributed by atoms with Gasteiger partial charge in [0.05, 0.1) is 12.0 Å². The fourth-order valence-electron chi connectivity index (χ4n) is 2.09. The molecule has 1 aliphatic rings. The Kier molecular flexibility index (Phi) is 3.84. The summed E-state index contributed by atoms with van der Waals surface area (Å²) in [6.45, 7) is 0.650. The quantitative estimate of drug-likeness (QED) is 0.632. The lowest BCUT2D eigenvalue weighted by Gasteiger charge is -2.23. The molecule has 1 amide bonds. The largest absolute Gasteiger partial charge is 0.490 e. The third-order valence-electron chi connectivity index (χ3n) is 3.02. The van der Waals surface area contributed by atoms with Gasteiger partial charge in [0.15, 0.2) is 5.75 Å². The van der Waals surface area contributed by atoms with Gasteiger partial charge in [0, 0.05) is 6.54 Å². The zero-order valence-corrected chi connectivity index (χ0v) is 10.5. The van der Waals surface area contributed by atoms with Crippen molar-refractivity contribution in [2.45, 2.75) is 18.9 Å². The summed E-state index contributed by atoms with van der Waals surface area (Å²) < 4.78 is 4.98. The molecule has 1 aromatic carbocycles. The Labute approximate surface area is 110 Å². The number of piperidine rings is 1. The lowest BCUT2D eigenvalue weighted by atomic mass is 10.1. The van der Waals surface area contributed by atoms with Crippen molar-refractivity contribution in [1.82, 2.24) is 5.32 Å². The Hall–Kier alpha value is -2.31. The van der Waals surface area contributed by atoms with Crippen LogP contribution in [0, 0.1) is 10.1 Å². The SMILES string of the molecule is COc1cccc(NC2CCCNC2=O)c1[N+](=O)[O-]. The molecule has 1 unspecified atom stereocenters. The second kappa shape index (κ2) is 5.55. The number of benzene rings is 1. The van der Waals surface area contributed by atoms with Crippen LogP contribution in [0.4, 0.5) is 11.4 Å². The number of methoxy groups -OCH3 is 1. The summed E-state index contributed by atoms with van der Waals surface area (Å²) >= 11 is 0. The maximum Gasteiger partial charge on any atom is 0.333 e. The van der Waals surface area contributed by atoms with Crippen LogP contribution in [0.3, 0.4) is 0 Å². The number of amides is 1. The second-order valence-electron chi connectivity index (χ2n) is 4.24. The minimum atomic E-state index is -0.512. The highest BCUT2D eigenvalue weighted by Gasteiger charge is 2.26. The molecule has 1 aromatic rings. The number of nitrogens with one attached hydrogen (secondary N) is 2. The number of nitro groups is 1. The standard InChI is InChI=1S/C12H15N3O4/c1-19-10-6-2-4-8(11(10)15(17)18)14-9-5-3-7-13-12(9)16/h2,4,6,9,14H,3,5,7H2,1H3,(H,13,16). The third-order valence-corrected chi connectivity index (χ3v) is 3.02. The molecule has 0 saturated carbocycles. The molecule has 7 nitrogen and oxygen atoms in total. The van der Waals surface area contributed by atoms with Gasteiger partial charge in [-0.15, -0.1) is 0 Å². The Morgan fingerprint density at radius 3 is 2.95 bits per heavy atom. The van der Waals surface area contributed by atoms with Gasteiger partial charge in [-0.2, -0.15) is 0 Å². The molecule has 2 rings (SSSR count). The molecule has 0 spiro atoms. The summed E-state index contributed by atoms with van der Waals surface area (Å²) in [6, 6.07) is 4.29. The second-order valence-corrected chi connectivity index (χ2v) is 4.24. The van der Waals surface area contributed by atoms with Gasteiger partial charge in [-0.1, -0.05) is 6.07 Å². The van der Waals surface area contributed by atoms with Crippen LogP contribution >= 0.6 is 0 Å². The van der Waals surface area contributed by atoms with E-state index in [9.17, 15) is 14.9 Å². The van der Waals surface area contributed by atoms with Crippen molar-refractivity contribution >= 4 is 17.3 Å². The third kappa shape index (κ3) is 2.75. The molecule has 0 bridgehead atoms. The van der Waals surface area contributed by atoms with Crippen molar-refractivity contribution in [3.8, 4) is 5.75 Å². The van der Waals surface area contributed by atoms with E-state index in [1.165, 1.54) is 13.2 Å². The van der Waals surface area contributed by atoms with Crippen molar-refractivity contribution in [3.63, 3.8) is 0 Å². The number of hydrogen-bond donors (Lipinski definition) is 2. The van der Waals surface area contributed by atoms with Gasteiger partial charge < -0.3 is 15.4 Å². The van der Waals surface area contributed by atoms with E-state index in [-0.39, 0.29) is 17.3 Å². The Balaban J connectivity index is 2.28. The number of nitrogens with zero attached hydrogens (tertiary/aromatic N) is 1. The molecule has 0 aromatic heterocycles. The van der Waals surface area contributed by atoms with Gasteiger partial charge in [0.2, 0.25) is 5.91 Å². The fourth-order valence-corrected chi connectivity index (χ4v) is 2.09. The first-order chi connectivity index (χ1) is 9.13. The maximum atomic E-state index is 11.7. The van der Waals surface area contributed by atoms with E-state index in [0.717, 1.165) is 6.42 Å². The smallest absolute Gasteiger partial charge is 0.333 e. The highest BCUT2D eigenvalue weighted by atomic mass is 16.6. The highest BCUT2D eigenvalue weighted by molar-refractivity contribution is 5.86. The molecule has 102 valence electrons. The van der Waals surface area contributed by atoms with Gasteiger partial charge in [-0.25, -0.2) is 0 Å². The van der Waals surface area contributed by atoms with Crippen molar-refractivity contribution in [3.05, 3.63) is 28.3 Å². The van der Waals surface area contributed by atoms with Crippen LogP contribution in [-0.4, -0.2) is 30.5 Å². The number of anilines is 1. The molecule has 0 aliphatic carbocycles. The molecule has 0 radical (unpaired) electrons. The zero-order chi connectivity index (χ0) is 13.8. The number of ether oxygens (including phenoxy) is 1. The number of carbonyl (C=O) groups is 1. The monoisotopic (exact) mass is 265 g/mol. The van der Waals surface area contributed by atoms with Crippen LogP contribution in [0.5, 0.6) is 5.75 Å². The van der Waals surface area contributed by atoms with E-state index in [1.54, 1.807) is 12.1 Å². The number of rotatable bonds is 4. The summed E-state index contributed by atoms with van der Waals surface area (Å²) in [5, 5.41) is 16.8. The summed E-state index contributed by atoms with van der Waals surface area (Å²) in [5.74, 6) is 0.0367. The minimum absolute atomic E-state index is 0.136. The fraction of sp³-hybridized carbons (Fsp3) is 0.417. The normalized spacial score (nSPS) is 18.6. The van der Waals surface area contributed by atoms with Crippen LogP contribution < -0.4 is 15.4 Å². The molecule has 1 atom stereocenters. The number of nitro benzene ring substituents is 1. The van der Waals surface area contributed by atoms with Gasteiger partial charge in [-0.3, -0.25) is 14.9 Å². The average molecular weight is 265 g/mol. The number of hydrogen-bond acceptors (Lipinski definition) is 5. The van der Waals surface area contributed by atoms with Crippen LogP contribution in [0.1, 0.15) is 12.8 Å². The molecule has 1 aliphatic heterocycles. The molecule has 2 N–H and O–H groups in total. The van der Waals surface area contributed by atoms with Gasteiger partial charge >= 0.3 is 5.69 Å². The Bertz CT molecular complexity index is 504. The lowest BCUT2D eigenvalue weighted by molar-refractivity contribution is -0.384. The molecular formula is C12H15N3O4. The van der Waals surface area contributed by atoms with Gasteiger partial charge in [0.25, 0.3) is 0 Å². The molecule has 7 heteroatoms. The molecule has 1 fully saturated rings. The van der Waals surface area contributed by atoms with Crippen molar-refractivity contribution < 1.29 is 14.5 Å². The zero-order valence-electron chi connectivity index (χ0n) is 10.5. The van der Waals surface area contributed by atoms with E-state index >= 15 is 0 Å². The van der Waals surface area contributed by atoms with Crippen LogP contribution in [-0.2, 0) is 4.79 Å². The average Bonchev–Trinajstić information content (AvgIpc) is 2.40. The predicted molar refractivity (Wildman–Crippen MR) is 69.3 cm³/mol. The van der Waals surface area contributed by atoms with E-state index in [0.29, 0.717) is 18.7 Å². The van der Waals surface area contributed by atoms with Crippen molar-refractivity contribution in [2.24, 2.45) is 0 Å². The van der Waals surface area contributed by atoms with E-state index in [1.807, 2.05) is 0 Å². The van der Waals surface area contributed by atoms with Crippen LogP contribution in [0.25, 0.3) is 0 Å². The number of para-hydroxylation sites is 1. The lowest BCUT2D eigenvalue weighted by Crippen LogP contribution is -2.44. The highest BCUT2D eigenvalue weighted by Crippen LogP contribution is 2.35. The maximum absolute atomic E-state index is 11.7. The van der Waals surface area contributed by atoms with E-state index < -0.39 is 11.0 Å². The molecule has 19 heavy (non-hydrogen) atoms. The van der Waals surface area contributed by atoms with Gasteiger partial charge in [-0.05, 0) is 25.0 Å². The van der Waals surface area contributed by atoms with E-state index in [4.69, 9.17) is 4.74 Å². The van der Waals surface area contributed by atoms with Crippen molar-refractivity contribution in [2.75, 3.05) is 19.0 Å². The summed E-state index contributed by atoms with van der Waals surface area (Å²) in [4.78, 5) is 22.3. The topological polar surface area (TPSA) is 93.5 Å². The Morgan fingerprint density at radius 1 is 1.53 bits per heavy atom. The molecule has 1 heterocycles.